The highest BCUT2D eigenvalue weighted by Crippen LogP contribution is 2.51. The maximum absolute atomic E-state index is 9.92. The minimum atomic E-state index is -0.595. The van der Waals surface area contributed by atoms with Crippen LogP contribution in [0.15, 0.2) is 198 Å². The SMILES string of the molecule is [2H]c1c([2H])c([2H])c(-c2ccc3cccc(-c4c5ccccc5c(-c5oc6ccccc6c5-c5c([2H])c6c([2H])c([2H])c([2H])c([2H])c6c6c([2H])c([2H])c([2H])c([2H])c56)c5ccccc45)c3c2)c([2H])c1[2H]. The van der Waals surface area contributed by atoms with E-state index >= 15 is 0 Å². The van der Waals surface area contributed by atoms with Crippen molar-refractivity contribution < 1.29 is 23.6 Å². The smallest absolute Gasteiger partial charge is 0.144 e. The van der Waals surface area contributed by atoms with E-state index < -0.39 is 66.5 Å². The Hall–Kier alpha value is -6.96. The van der Waals surface area contributed by atoms with E-state index in [4.69, 9.17) is 19.5 Å². The van der Waals surface area contributed by atoms with Crippen molar-refractivity contribution in [1.82, 2.24) is 0 Å². The molecule has 0 saturated heterocycles. The van der Waals surface area contributed by atoms with E-state index in [1.54, 1.807) is 30.3 Å². The minimum Gasteiger partial charge on any atom is -0.455 e. The third-order valence-corrected chi connectivity index (χ3v) is 10.1. The molecule has 246 valence electrons. The van der Waals surface area contributed by atoms with Crippen LogP contribution in [0.3, 0.4) is 0 Å². The molecule has 1 nitrogen and oxygen atoms in total. The summed E-state index contributed by atoms with van der Waals surface area (Å²) in [6, 6.07) is 27.3. The molecule has 53 heavy (non-hydrogen) atoms. The highest BCUT2D eigenvalue weighted by Gasteiger charge is 2.25. The number of para-hydroxylation sites is 1. The average molecular weight is 687 g/mol. The number of fused-ring (bicyclic) bond motifs is 7. The number of benzene rings is 10. The highest BCUT2D eigenvalue weighted by molar-refractivity contribution is 6.26. The van der Waals surface area contributed by atoms with Crippen molar-refractivity contribution in [3.8, 4) is 44.7 Å². The summed E-state index contributed by atoms with van der Waals surface area (Å²) in [6.07, 6.45) is 0. The van der Waals surface area contributed by atoms with Gasteiger partial charge in [0.05, 0.1) is 19.2 Å². The van der Waals surface area contributed by atoms with Crippen LogP contribution in [0, 0.1) is 0 Å². The third kappa shape index (κ3) is 4.58. The molecule has 0 radical (unpaired) electrons. The van der Waals surface area contributed by atoms with Crippen molar-refractivity contribution in [3.63, 3.8) is 0 Å². The molecule has 11 rings (SSSR count). The summed E-state index contributed by atoms with van der Waals surface area (Å²) in [5.74, 6) is 0.268. The van der Waals surface area contributed by atoms with Gasteiger partial charge in [-0.05, 0) is 99.9 Å². The molecule has 10 aromatic carbocycles. The fraction of sp³-hybridized carbons (Fsp3) is 0. The van der Waals surface area contributed by atoms with Gasteiger partial charge in [0.1, 0.15) is 11.3 Å². The van der Waals surface area contributed by atoms with E-state index in [1.165, 1.54) is 0 Å². The van der Waals surface area contributed by atoms with Crippen LogP contribution in [0.2, 0.25) is 0 Å². The van der Waals surface area contributed by atoms with Gasteiger partial charge in [0, 0.05) is 16.5 Å². The molecular weight excluding hydrogens is 641 g/mol. The lowest BCUT2D eigenvalue weighted by atomic mass is 9.84. The second-order valence-corrected chi connectivity index (χ2v) is 12.9. The number of furan rings is 1. The van der Waals surface area contributed by atoms with Gasteiger partial charge in [0.25, 0.3) is 0 Å². The van der Waals surface area contributed by atoms with E-state index in [-0.39, 0.29) is 56.6 Å². The predicted molar refractivity (Wildman–Crippen MR) is 225 cm³/mol. The van der Waals surface area contributed by atoms with Crippen LogP contribution in [-0.4, -0.2) is 0 Å². The van der Waals surface area contributed by atoms with Gasteiger partial charge in [-0.1, -0.05) is 176 Å². The predicted octanol–water partition coefficient (Wildman–Crippen LogP) is 14.9. The zero-order valence-corrected chi connectivity index (χ0v) is 27.8. The van der Waals surface area contributed by atoms with Gasteiger partial charge in [-0.25, -0.2) is 0 Å². The first-order chi connectivity index (χ1) is 32.1. The maximum atomic E-state index is 9.92. The van der Waals surface area contributed by atoms with E-state index in [2.05, 4.69) is 0 Å². The van der Waals surface area contributed by atoms with Crippen LogP contribution >= 0.6 is 0 Å². The van der Waals surface area contributed by atoms with E-state index in [0.29, 0.717) is 27.7 Å². The molecule has 0 aliphatic heterocycles. The second-order valence-electron chi connectivity index (χ2n) is 12.9. The normalized spacial score (nSPS) is 15.5. The Morgan fingerprint density at radius 2 is 0.981 bits per heavy atom. The molecule has 0 saturated carbocycles. The van der Waals surface area contributed by atoms with Crippen molar-refractivity contribution in [2.75, 3.05) is 0 Å². The fourth-order valence-electron chi connectivity index (χ4n) is 7.83. The van der Waals surface area contributed by atoms with E-state index in [0.717, 1.165) is 43.4 Å². The molecule has 0 bridgehead atoms. The van der Waals surface area contributed by atoms with Crippen LogP contribution in [0.25, 0.3) is 110 Å². The first-order valence-electron chi connectivity index (χ1n) is 24.1. The molecule has 1 heteroatoms. The Kier molecular flexibility index (Phi) is 4.24. The van der Waals surface area contributed by atoms with Crippen molar-refractivity contribution in [3.05, 3.63) is 194 Å². The number of hydrogen-bond donors (Lipinski definition) is 0. The Morgan fingerprint density at radius 3 is 1.74 bits per heavy atom. The summed E-state index contributed by atoms with van der Waals surface area (Å²) in [7, 11) is 0. The minimum absolute atomic E-state index is 0.0194. The molecule has 0 spiro atoms. The molecule has 0 fully saturated rings. The first kappa shape index (κ1) is 19.0. The largest absolute Gasteiger partial charge is 0.455 e. The molecule has 0 unspecified atom stereocenters. The summed E-state index contributed by atoms with van der Waals surface area (Å²) >= 11 is 0. The Morgan fingerprint density at radius 1 is 0.358 bits per heavy atom. The first-order valence-corrected chi connectivity index (χ1v) is 17.1. The zero-order chi connectivity index (χ0) is 47.1. The van der Waals surface area contributed by atoms with Crippen LogP contribution in [0.1, 0.15) is 19.2 Å². The van der Waals surface area contributed by atoms with Crippen LogP contribution in [0.4, 0.5) is 0 Å². The maximum Gasteiger partial charge on any atom is 0.144 e. The van der Waals surface area contributed by atoms with Crippen molar-refractivity contribution in [2.24, 2.45) is 0 Å². The average Bonchev–Trinajstić information content (AvgIpc) is 3.72. The molecule has 1 heterocycles. The monoisotopic (exact) mass is 686 g/mol. The second kappa shape index (κ2) is 11.8. The Bertz CT molecular complexity index is 3960. The van der Waals surface area contributed by atoms with Crippen LogP contribution < -0.4 is 0 Å². The lowest BCUT2D eigenvalue weighted by Crippen LogP contribution is -1.92. The Balaban J connectivity index is 1.29. The lowest BCUT2D eigenvalue weighted by molar-refractivity contribution is 0.634. The summed E-state index contributed by atoms with van der Waals surface area (Å²) < 4.78 is 131. The molecule has 11 aromatic rings. The number of rotatable bonds is 4. The molecular formula is C52H32O. The molecule has 1 aromatic heterocycles. The molecule has 0 N–H and O–H groups in total. The topological polar surface area (TPSA) is 13.1 Å². The summed E-state index contributed by atoms with van der Waals surface area (Å²) in [6.45, 7) is 0. The molecule has 0 atom stereocenters. The lowest BCUT2D eigenvalue weighted by Gasteiger charge is -2.19. The fourth-order valence-corrected chi connectivity index (χ4v) is 7.83. The van der Waals surface area contributed by atoms with E-state index in [9.17, 15) is 4.11 Å². The summed E-state index contributed by atoms with van der Waals surface area (Å²) in [4.78, 5) is 0. The van der Waals surface area contributed by atoms with Crippen LogP contribution in [0.5, 0.6) is 0 Å². The zero-order valence-electron chi connectivity index (χ0n) is 41.8. The van der Waals surface area contributed by atoms with Gasteiger partial charge >= 0.3 is 0 Å². The summed E-state index contributed by atoms with van der Waals surface area (Å²) in [5, 5.41) is 4.52. The number of hydrogen-bond acceptors (Lipinski definition) is 1. The highest BCUT2D eigenvalue weighted by atomic mass is 16.3. The van der Waals surface area contributed by atoms with Crippen molar-refractivity contribution in [1.29, 1.82) is 0 Å². The quantitative estimate of drug-likeness (QED) is 0.133. The molecule has 0 aliphatic rings. The van der Waals surface area contributed by atoms with Crippen molar-refractivity contribution >= 4 is 64.8 Å². The third-order valence-electron chi connectivity index (χ3n) is 10.1. The van der Waals surface area contributed by atoms with Gasteiger partial charge in [-0.3, -0.25) is 0 Å². The summed E-state index contributed by atoms with van der Waals surface area (Å²) in [5.41, 5.74) is 3.50. The van der Waals surface area contributed by atoms with Gasteiger partial charge in [0.15, 0.2) is 0 Å². The van der Waals surface area contributed by atoms with Gasteiger partial charge in [-0.2, -0.15) is 0 Å². The van der Waals surface area contributed by atoms with Crippen LogP contribution in [-0.2, 0) is 0 Å². The van der Waals surface area contributed by atoms with Gasteiger partial charge < -0.3 is 4.42 Å². The van der Waals surface area contributed by atoms with Crippen molar-refractivity contribution in [2.45, 2.75) is 0 Å². The Labute approximate surface area is 326 Å². The standard InChI is InChI=1S/C52H32O/c1-2-15-33(16-3-1)35-30-29-34-18-14-27-44(46(34)31-35)49-40-22-8-10-24-42(40)50(43-25-11-9-23-41(43)49)52-51(45-26-12-13-28-48(45)53-52)47-32-36-17-4-5-19-37(36)38-20-6-7-21-39(38)47/h1-32H/i1D,2D,3D,4D,5D,6D,7D,15D,16D,17D,19D,20D,21D,32D. The van der Waals surface area contributed by atoms with Gasteiger partial charge in [-0.15, -0.1) is 0 Å². The molecule has 0 aliphatic carbocycles. The van der Waals surface area contributed by atoms with E-state index in [1.807, 2.05) is 78.9 Å². The molecule has 0 amide bonds. The van der Waals surface area contributed by atoms with Gasteiger partial charge in [0.2, 0.25) is 0 Å².